The molecule has 0 heterocycles. The van der Waals surface area contributed by atoms with E-state index in [4.69, 9.17) is 4.74 Å². The number of rotatable bonds is 3. The molecule has 1 fully saturated rings. The van der Waals surface area contributed by atoms with Gasteiger partial charge in [-0.25, -0.2) is 0 Å². The molecule has 1 aliphatic rings. The van der Waals surface area contributed by atoms with Gasteiger partial charge >= 0.3 is 0 Å². The highest BCUT2D eigenvalue weighted by atomic mass is 16.5. The number of benzene rings is 1. The molecular formula is C13H18O2. The molecule has 1 aromatic rings. The topological polar surface area (TPSA) is 29.5 Å². The second-order valence-electron chi connectivity index (χ2n) is 4.66. The van der Waals surface area contributed by atoms with Crippen LogP contribution in [-0.2, 0) is 11.3 Å². The molecule has 0 spiro atoms. The first-order chi connectivity index (χ1) is 7.16. The van der Waals surface area contributed by atoms with Crippen molar-refractivity contribution in [1.82, 2.24) is 0 Å². The SMILES string of the molecule is CC1(O)CCC(OCc2ccccc2)C1. The molecule has 2 unspecified atom stereocenters. The minimum atomic E-state index is -0.513. The monoisotopic (exact) mass is 206 g/mol. The molecule has 0 aliphatic heterocycles. The van der Waals surface area contributed by atoms with Gasteiger partial charge in [0.1, 0.15) is 0 Å². The van der Waals surface area contributed by atoms with Crippen molar-refractivity contribution in [2.45, 2.75) is 44.5 Å². The Morgan fingerprint density at radius 1 is 1.40 bits per heavy atom. The van der Waals surface area contributed by atoms with Crippen LogP contribution in [0.5, 0.6) is 0 Å². The highest BCUT2D eigenvalue weighted by Crippen LogP contribution is 2.31. The van der Waals surface area contributed by atoms with Crippen LogP contribution in [0.3, 0.4) is 0 Å². The van der Waals surface area contributed by atoms with Crippen LogP contribution in [0.1, 0.15) is 31.7 Å². The molecule has 1 aliphatic carbocycles. The van der Waals surface area contributed by atoms with Crippen molar-refractivity contribution in [3.8, 4) is 0 Å². The lowest BCUT2D eigenvalue weighted by molar-refractivity contribution is 0.0108. The van der Waals surface area contributed by atoms with Gasteiger partial charge in [0.15, 0.2) is 0 Å². The van der Waals surface area contributed by atoms with Crippen molar-refractivity contribution in [1.29, 1.82) is 0 Å². The van der Waals surface area contributed by atoms with Gasteiger partial charge in [-0.3, -0.25) is 0 Å². The summed E-state index contributed by atoms with van der Waals surface area (Å²) >= 11 is 0. The molecule has 0 bridgehead atoms. The Hall–Kier alpha value is -0.860. The summed E-state index contributed by atoms with van der Waals surface area (Å²) in [6.07, 6.45) is 2.81. The van der Waals surface area contributed by atoms with E-state index in [9.17, 15) is 5.11 Å². The Balaban J connectivity index is 1.80. The zero-order chi connectivity index (χ0) is 10.7. The summed E-state index contributed by atoms with van der Waals surface area (Å²) in [5.41, 5.74) is 0.686. The molecule has 2 nitrogen and oxygen atoms in total. The van der Waals surface area contributed by atoms with Crippen molar-refractivity contribution in [2.24, 2.45) is 0 Å². The van der Waals surface area contributed by atoms with Crippen LogP contribution in [0.15, 0.2) is 30.3 Å². The van der Waals surface area contributed by atoms with E-state index in [1.54, 1.807) is 0 Å². The molecule has 1 N–H and O–H groups in total. The number of hydrogen-bond acceptors (Lipinski definition) is 2. The maximum Gasteiger partial charge on any atom is 0.0720 e. The largest absolute Gasteiger partial charge is 0.390 e. The maximum atomic E-state index is 9.78. The molecule has 2 heteroatoms. The van der Waals surface area contributed by atoms with Gasteiger partial charge in [0.25, 0.3) is 0 Å². The summed E-state index contributed by atoms with van der Waals surface area (Å²) in [6, 6.07) is 10.2. The van der Waals surface area contributed by atoms with Crippen LogP contribution in [0, 0.1) is 0 Å². The Morgan fingerprint density at radius 3 is 2.73 bits per heavy atom. The lowest BCUT2D eigenvalue weighted by Gasteiger charge is -2.16. The van der Waals surface area contributed by atoms with E-state index in [0.717, 1.165) is 19.3 Å². The summed E-state index contributed by atoms with van der Waals surface area (Å²) in [4.78, 5) is 0. The second kappa shape index (κ2) is 4.33. The first-order valence-electron chi connectivity index (χ1n) is 5.54. The highest BCUT2D eigenvalue weighted by molar-refractivity contribution is 5.13. The first kappa shape index (κ1) is 10.7. The number of aliphatic hydroxyl groups is 1. The van der Waals surface area contributed by atoms with Gasteiger partial charge in [-0.1, -0.05) is 30.3 Å². The molecule has 0 radical (unpaired) electrons. The Kier molecular flexibility index (Phi) is 3.08. The lowest BCUT2D eigenvalue weighted by Crippen LogP contribution is -2.20. The zero-order valence-corrected chi connectivity index (χ0v) is 9.15. The van der Waals surface area contributed by atoms with Gasteiger partial charge in [-0.05, 0) is 25.3 Å². The Morgan fingerprint density at radius 2 is 2.13 bits per heavy atom. The number of hydrogen-bond donors (Lipinski definition) is 1. The molecule has 1 saturated carbocycles. The zero-order valence-electron chi connectivity index (χ0n) is 9.15. The molecule has 2 atom stereocenters. The van der Waals surface area contributed by atoms with Gasteiger partial charge < -0.3 is 9.84 Å². The average molecular weight is 206 g/mol. The van der Waals surface area contributed by atoms with Crippen LogP contribution < -0.4 is 0 Å². The minimum absolute atomic E-state index is 0.222. The van der Waals surface area contributed by atoms with Crippen molar-refractivity contribution in [2.75, 3.05) is 0 Å². The molecule has 1 aromatic carbocycles. The molecule has 82 valence electrons. The van der Waals surface area contributed by atoms with E-state index < -0.39 is 5.60 Å². The predicted molar refractivity (Wildman–Crippen MR) is 59.5 cm³/mol. The molecule has 15 heavy (non-hydrogen) atoms. The molecule has 2 rings (SSSR count). The third-order valence-corrected chi connectivity index (χ3v) is 3.00. The maximum absolute atomic E-state index is 9.78. The van der Waals surface area contributed by atoms with E-state index in [2.05, 4.69) is 12.1 Å². The predicted octanol–water partition coefficient (Wildman–Crippen LogP) is 2.51. The lowest BCUT2D eigenvalue weighted by atomic mass is 10.1. The normalized spacial score (nSPS) is 30.7. The van der Waals surface area contributed by atoms with E-state index in [1.807, 2.05) is 25.1 Å². The smallest absolute Gasteiger partial charge is 0.0720 e. The minimum Gasteiger partial charge on any atom is -0.390 e. The van der Waals surface area contributed by atoms with Gasteiger partial charge in [0.05, 0.1) is 18.3 Å². The summed E-state index contributed by atoms with van der Waals surface area (Å²) in [6.45, 7) is 2.54. The van der Waals surface area contributed by atoms with E-state index in [-0.39, 0.29) is 6.10 Å². The van der Waals surface area contributed by atoms with Crippen molar-refractivity contribution >= 4 is 0 Å². The Bertz CT molecular complexity index is 306. The third kappa shape index (κ3) is 3.05. The van der Waals surface area contributed by atoms with Crippen LogP contribution >= 0.6 is 0 Å². The van der Waals surface area contributed by atoms with Gasteiger partial charge in [0, 0.05) is 6.42 Å². The quantitative estimate of drug-likeness (QED) is 0.823. The number of ether oxygens (including phenoxy) is 1. The standard InChI is InChI=1S/C13H18O2/c1-13(14)8-7-12(9-13)15-10-11-5-3-2-4-6-11/h2-6,12,14H,7-10H2,1H3. The summed E-state index contributed by atoms with van der Waals surface area (Å²) in [5.74, 6) is 0. The fourth-order valence-corrected chi connectivity index (χ4v) is 2.10. The third-order valence-electron chi connectivity index (χ3n) is 3.00. The van der Waals surface area contributed by atoms with Crippen LogP contribution in [0.4, 0.5) is 0 Å². The highest BCUT2D eigenvalue weighted by Gasteiger charge is 2.33. The van der Waals surface area contributed by atoms with E-state index in [0.29, 0.717) is 6.61 Å². The molecule has 0 aromatic heterocycles. The summed E-state index contributed by atoms with van der Waals surface area (Å²) in [5, 5.41) is 9.78. The molecular weight excluding hydrogens is 188 g/mol. The van der Waals surface area contributed by atoms with Gasteiger partial charge in [-0.15, -0.1) is 0 Å². The second-order valence-corrected chi connectivity index (χ2v) is 4.66. The fourth-order valence-electron chi connectivity index (χ4n) is 2.10. The van der Waals surface area contributed by atoms with Crippen LogP contribution in [0.2, 0.25) is 0 Å². The fraction of sp³-hybridized carbons (Fsp3) is 0.538. The average Bonchev–Trinajstić information content (AvgIpc) is 2.57. The van der Waals surface area contributed by atoms with Crippen molar-refractivity contribution in [3.05, 3.63) is 35.9 Å². The van der Waals surface area contributed by atoms with E-state index >= 15 is 0 Å². The van der Waals surface area contributed by atoms with Crippen LogP contribution in [0.25, 0.3) is 0 Å². The molecule has 0 amide bonds. The molecule has 0 saturated heterocycles. The summed E-state index contributed by atoms with van der Waals surface area (Å²) in [7, 11) is 0. The van der Waals surface area contributed by atoms with Crippen molar-refractivity contribution < 1.29 is 9.84 Å². The Labute approximate surface area is 90.9 Å². The van der Waals surface area contributed by atoms with E-state index in [1.165, 1.54) is 5.56 Å². The first-order valence-corrected chi connectivity index (χ1v) is 5.54. The van der Waals surface area contributed by atoms with Gasteiger partial charge in [-0.2, -0.15) is 0 Å². The summed E-state index contributed by atoms with van der Waals surface area (Å²) < 4.78 is 5.76. The van der Waals surface area contributed by atoms with Crippen molar-refractivity contribution in [3.63, 3.8) is 0 Å². The van der Waals surface area contributed by atoms with Crippen LogP contribution in [-0.4, -0.2) is 16.8 Å². The van der Waals surface area contributed by atoms with Gasteiger partial charge in [0.2, 0.25) is 0 Å².